The first-order valence-electron chi connectivity index (χ1n) is 12.9. The number of fused-ring (bicyclic) bond motifs is 4. The number of benzene rings is 3. The van der Waals surface area contributed by atoms with Crippen molar-refractivity contribution in [2.24, 2.45) is 5.92 Å². The molecule has 3 heterocycles. The average molecular weight is 468 g/mol. The molecule has 5 heteroatoms. The first-order chi connectivity index (χ1) is 17.3. The van der Waals surface area contributed by atoms with Crippen LogP contribution >= 0.6 is 0 Å². The van der Waals surface area contributed by atoms with Gasteiger partial charge >= 0.3 is 0 Å². The lowest BCUT2D eigenvalue weighted by atomic mass is 9.95. The van der Waals surface area contributed by atoms with Gasteiger partial charge in [-0.05, 0) is 60.7 Å². The number of nitrogens with one attached hydrogen (secondary N) is 1. The van der Waals surface area contributed by atoms with Crippen LogP contribution in [0.4, 0.5) is 0 Å². The Morgan fingerprint density at radius 2 is 1.69 bits per heavy atom. The number of hydrogen-bond donors (Lipinski definition) is 1. The molecule has 0 spiro atoms. The molecule has 1 fully saturated rings. The number of nitrogens with zero attached hydrogens (tertiary/aromatic N) is 2. The van der Waals surface area contributed by atoms with Crippen LogP contribution in [-0.2, 0) is 24.3 Å². The Bertz CT molecular complexity index is 1350. The van der Waals surface area contributed by atoms with E-state index in [1.807, 2.05) is 6.07 Å². The molecule has 35 heavy (non-hydrogen) atoms. The summed E-state index contributed by atoms with van der Waals surface area (Å²) in [5.74, 6) is 1.52. The van der Waals surface area contributed by atoms with Crippen LogP contribution in [0.5, 0.6) is 5.88 Å². The fraction of sp³-hybridized carbons (Fsp3) is 0.367. The molecule has 0 radical (unpaired) electrons. The third-order valence-corrected chi connectivity index (χ3v) is 7.69. The van der Waals surface area contributed by atoms with E-state index in [0.717, 1.165) is 75.4 Å². The van der Waals surface area contributed by atoms with Gasteiger partial charge in [0.2, 0.25) is 5.91 Å². The van der Waals surface area contributed by atoms with Gasteiger partial charge in [0.25, 0.3) is 0 Å². The van der Waals surface area contributed by atoms with Gasteiger partial charge in [-0.3, -0.25) is 9.69 Å². The van der Waals surface area contributed by atoms with Gasteiger partial charge in [0, 0.05) is 30.6 Å². The molecule has 0 bridgehead atoms. The van der Waals surface area contributed by atoms with E-state index in [4.69, 9.17) is 4.74 Å². The Kier molecular flexibility index (Phi) is 6.17. The van der Waals surface area contributed by atoms with Crippen LogP contribution in [-0.4, -0.2) is 41.6 Å². The summed E-state index contributed by atoms with van der Waals surface area (Å²) in [5, 5.41) is 7.03. The number of piperidine rings is 1. The lowest BCUT2D eigenvalue weighted by molar-refractivity contribution is -0.120. The van der Waals surface area contributed by atoms with Crippen molar-refractivity contribution >= 4 is 27.6 Å². The van der Waals surface area contributed by atoms with E-state index in [1.165, 1.54) is 21.9 Å². The van der Waals surface area contributed by atoms with E-state index < -0.39 is 0 Å². The summed E-state index contributed by atoms with van der Waals surface area (Å²) in [6.45, 7) is 5.59. The van der Waals surface area contributed by atoms with E-state index in [9.17, 15) is 4.79 Å². The quantitative estimate of drug-likeness (QED) is 0.427. The normalized spacial score (nSPS) is 16.8. The number of carbonyl (C=O) groups excluding carboxylic acids is 1. The summed E-state index contributed by atoms with van der Waals surface area (Å²) in [7, 11) is 0. The zero-order chi connectivity index (χ0) is 23.6. The zero-order valence-corrected chi connectivity index (χ0v) is 20.2. The molecule has 0 saturated carbocycles. The summed E-state index contributed by atoms with van der Waals surface area (Å²) in [6, 6.07) is 23.6. The molecule has 1 amide bonds. The molecule has 5 nitrogen and oxygen atoms in total. The highest BCUT2D eigenvalue weighted by Gasteiger charge is 2.24. The zero-order valence-electron chi connectivity index (χ0n) is 20.2. The maximum absolute atomic E-state index is 12.9. The van der Waals surface area contributed by atoms with E-state index in [0.29, 0.717) is 12.3 Å². The highest BCUT2D eigenvalue weighted by Crippen LogP contribution is 2.35. The summed E-state index contributed by atoms with van der Waals surface area (Å²) in [5.41, 5.74) is 3.60. The Hall–Kier alpha value is -3.31. The first kappa shape index (κ1) is 22.2. The number of rotatable bonds is 6. The number of carbonyl (C=O) groups is 1. The number of likely N-dealkylation sites (tertiary alicyclic amines) is 1. The number of hydrogen-bond acceptors (Lipinski definition) is 3. The molecule has 0 atom stereocenters. The van der Waals surface area contributed by atoms with Crippen molar-refractivity contribution in [1.82, 2.24) is 14.8 Å². The van der Waals surface area contributed by atoms with E-state index in [-0.39, 0.29) is 5.91 Å². The van der Waals surface area contributed by atoms with E-state index in [1.54, 1.807) is 0 Å². The number of amides is 1. The van der Waals surface area contributed by atoms with Gasteiger partial charge in [-0.25, -0.2) is 0 Å². The van der Waals surface area contributed by atoms with Gasteiger partial charge in [-0.2, -0.15) is 0 Å². The van der Waals surface area contributed by atoms with E-state index in [2.05, 4.69) is 75.4 Å². The Balaban J connectivity index is 1.04. The summed E-state index contributed by atoms with van der Waals surface area (Å²) >= 11 is 0. The SMILES string of the molecule is O=C(Cc1c2n(c3ccccc13)CCCO2)NCC1CCN(Cc2cccc3ccccc23)CC1. The average Bonchev–Trinajstić information content (AvgIpc) is 3.22. The molecule has 4 aromatic rings. The van der Waals surface area contributed by atoms with Gasteiger partial charge in [-0.15, -0.1) is 0 Å². The summed E-state index contributed by atoms with van der Waals surface area (Å²) in [6.07, 6.45) is 3.64. The van der Waals surface area contributed by atoms with Crippen LogP contribution in [0.15, 0.2) is 66.7 Å². The van der Waals surface area contributed by atoms with Gasteiger partial charge in [0.05, 0.1) is 18.5 Å². The summed E-state index contributed by atoms with van der Waals surface area (Å²) < 4.78 is 8.23. The minimum absolute atomic E-state index is 0.0940. The molecule has 6 rings (SSSR count). The first-order valence-corrected chi connectivity index (χ1v) is 12.9. The smallest absolute Gasteiger partial charge is 0.224 e. The maximum Gasteiger partial charge on any atom is 0.224 e. The van der Waals surface area contributed by atoms with Crippen molar-refractivity contribution < 1.29 is 9.53 Å². The molecule has 2 aliphatic heterocycles. The van der Waals surface area contributed by atoms with Crippen LogP contribution in [0.2, 0.25) is 0 Å². The van der Waals surface area contributed by atoms with Crippen molar-refractivity contribution in [2.45, 2.75) is 38.8 Å². The van der Waals surface area contributed by atoms with Crippen LogP contribution < -0.4 is 10.1 Å². The Labute approximate surface area is 206 Å². The molecule has 1 saturated heterocycles. The van der Waals surface area contributed by atoms with Crippen LogP contribution in [0.25, 0.3) is 21.7 Å². The third-order valence-electron chi connectivity index (χ3n) is 7.69. The van der Waals surface area contributed by atoms with Crippen LogP contribution in [0.3, 0.4) is 0 Å². The molecular formula is C30H33N3O2. The predicted molar refractivity (Wildman–Crippen MR) is 141 cm³/mol. The van der Waals surface area contributed by atoms with Gasteiger partial charge in [-0.1, -0.05) is 60.7 Å². The predicted octanol–water partition coefficient (Wildman–Crippen LogP) is 5.15. The monoisotopic (exact) mass is 467 g/mol. The fourth-order valence-electron chi connectivity index (χ4n) is 5.80. The van der Waals surface area contributed by atoms with Crippen molar-refractivity contribution in [2.75, 3.05) is 26.2 Å². The molecular weight excluding hydrogens is 434 g/mol. The molecule has 3 aromatic carbocycles. The van der Waals surface area contributed by atoms with Crippen LogP contribution in [0, 0.1) is 5.92 Å². The van der Waals surface area contributed by atoms with Crippen molar-refractivity contribution in [1.29, 1.82) is 0 Å². The number of aromatic nitrogens is 1. The lowest BCUT2D eigenvalue weighted by Crippen LogP contribution is -2.38. The maximum atomic E-state index is 12.9. The van der Waals surface area contributed by atoms with Crippen LogP contribution in [0.1, 0.15) is 30.4 Å². The van der Waals surface area contributed by atoms with Gasteiger partial charge in [0.1, 0.15) is 0 Å². The molecule has 2 aliphatic rings. The Morgan fingerprint density at radius 1 is 0.914 bits per heavy atom. The minimum Gasteiger partial charge on any atom is -0.479 e. The van der Waals surface area contributed by atoms with Gasteiger partial charge in [0.15, 0.2) is 5.88 Å². The molecule has 0 unspecified atom stereocenters. The third kappa shape index (κ3) is 4.53. The van der Waals surface area contributed by atoms with Crippen molar-refractivity contribution in [3.8, 4) is 5.88 Å². The molecule has 1 aromatic heterocycles. The Morgan fingerprint density at radius 3 is 2.57 bits per heavy atom. The molecule has 180 valence electrons. The van der Waals surface area contributed by atoms with Crippen molar-refractivity contribution in [3.05, 3.63) is 77.9 Å². The largest absolute Gasteiger partial charge is 0.479 e. The minimum atomic E-state index is 0.0940. The number of aryl methyl sites for hydroxylation is 1. The van der Waals surface area contributed by atoms with E-state index >= 15 is 0 Å². The number of ether oxygens (including phenoxy) is 1. The number of para-hydroxylation sites is 1. The molecule has 0 aliphatic carbocycles. The standard InChI is InChI=1S/C30H33N3O2/c34-29(19-27-26-11-3-4-12-28(26)33-15-6-18-35-30(27)33)31-20-22-13-16-32(17-14-22)21-24-9-5-8-23-7-1-2-10-25(23)24/h1-5,7-12,22H,6,13-21H2,(H,31,34). The highest BCUT2D eigenvalue weighted by molar-refractivity contribution is 5.92. The van der Waals surface area contributed by atoms with Gasteiger partial charge < -0.3 is 14.6 Å². The molecule has 1 N–H and O–H groups in total. The fourth-order valence-corrected chi connectivity index (χ4v) is 5.80. The second-order valence-corrected chi connectivity index (χ2v) is 9.99. The van der Waals surface area contributed by atoms with Crippen molar-refractivity contribution in [3.63, 3.8) is 0 Å². The summed E-state index contributed by atoms with van der Waals surface area (Å²) in [4.78, 5) is 15.5. The lowest BCUT2D eigenvalue weighted by Gasteiger charge is -2.32. The second-order valence-electron chi connectivity index (χ2n) is 9.99. The topological polar surface area (TPSA) is 46.5 Å². The highest BCUT2D eigenvalue weighted by atomic mass is 16.5. The second kappa shape index (κ2) is 9.74.